The molecule has 0 aliphatic rings. The Hall–Kier alpha value is -2.54. The van der Waals surface area contributed by atoms with Crippen molar-refractivity contribution in [1.82, 2.24) is 0 Å². The predicted octanol–water partition coefficient (Wildman–Crippen LogP) is 7.14. The summed E-state index contributed by atoms with van der Waals surface area (Å²) in [6.45, 7) is 4.36. The summed E-state index contributed by atoms with van der Waals surface area (Å²) in [7, 11) is 0. The molecule has 0 radical (unpaired) electrons. The van der Waals surface area contributed by atoms with E-state index >= 15 is 0 Å². The van der Waals surface area contributed by atoms with Gasteiger partial charge in [0.2, 0.25) is 0 Å². The van der Waals surface area contributed by atoms with Crippen molar-refractivity contribution in [2.75, 3.05) is 5.32 Å². The molecule has 0 bridgehead atoms. The van der Waals surface area contributed by atoms with Crippen LogP contribution in [0.4, 0.5) is 11.4 Å². The van der Waals surface area contributed by atoms with E-state index in [1.807, 2.05) is 0 Å². The van der Waals surface area contributed by atoms with E-state index in [9.17, 15) is 0 Å². The minimum absolute atomic E-state index is 1.11. The van der Waals surface area contributed by atoms with Gasteiger partial charge in [-0.2, -0.15) is 0 Å². The van der Waals surface area contributed by atoms with Crippen LogP contribution in [0.25, 0.3) is 11.1 Å². The molecule has 0 spiro atoms. The molecule has 0 amide bonds. The number of aryl methyl sites for hydroxylation is 2. The summed E-state index contributed by atoms with van der Waals surface area (Å²) in [4.78, 5) is 0. The van der Waals surface area contributed by atoms with Crippen LogP contribution in [0.5, 0.6) is 0 Å². The van der Waals surface area contributed by atoms with E-state index in [-0.39, 0.29) is 0 Å². The van der Waals surface area contributed by atoms with Gasteiger partial charge in [0.15, 0.2) is 0 Å². The highest BCUT2D eigenvalue weighted by Crippen LogP contribution is 2.24. The molecule has 0 aliphatic carbocycles. The number of benzene rings is 3. The lowest BCUT2D eigenvalue weighted by Gasteiger charge is -2.09. The first-order valence-electron chi connectivity index (χ1n) is 9.27. The number of hydrogen-bond acceptors (Lipinski definition) is 1. The van der Waals surface area contributed by atoms with Crippen molar-refractivity contribution in [3.05, 3.63) is 83.9 Å². The lowest BCUT2D eigenvalue weighted by Crippen LogP contribution is -1.90. The van der Waals surface area contributed by atoms with Crippen molar-refractivity contribution >= 4 is 11.4 Å². The second-order valence-electron chi connectivity index (χ2n) is 6.72. The van der Waals surface area contributed by atoms with Crippen LogP contribution in [0.1, 0.15) is 37.3 Å². The van der Waals surface area contributed by atoms with Crippen molar-refractivity contribution in [1.29, 1.82) is 0 Å². The Morgan fingerprint density at radius 2 is 1.16 bits per heavy atom. The van der Waals surface area contributed by atoms with Gasteiger partial charge in [-0.1, -0.05) is 73.9 Å². The standard InChI is InChI=1S/C24H27N/c1-3-4-5-6-20-9-11-21(12-10-20)22-13-17-24(18-14-22)25-23-15-7-19(2)8-16-23/h7-18,25H,3-6H2,1-2H3. The van der Waals surface area contributed by atoms with Crippen LogP contribution in [0, 0.1) is 6.92 Å². The molecule has 0 aliphatic heterocycles. The summed E-state index contributed by atoms with van der Waals surface area (Å²) < 4.78 is 0. The van der Waals surface area contributed by atoms with Gasteiger partial charge >= 0.3 is 0 Å². The highest BCUT2D eigenvalue weighted by molar-refractivity contribution is 5.68. The van der Waals surface area contributed by atoms with Crippen LogP contribution in [0.2, 0.25) is 0 Å². The molecule has 1 heteroatoms. The average molecular weight is 329 g/mol. The molecule has 0 aromatic heterocycles. The summed E-state index contributed by atoms with van der Waals surface area (Å²) in [6, 6.07) is 26.1. The third-order valence-electron chi connectivity index (χ3n) is 4.58. The molecule has 3 aromatic carbocycles. The van der Waals surface area contributed by atoms with Gasteiger partial charge in [0, 0.05) is 11.4 Å². The Morgan fingerprint density at radius 1 is 0.640 bits per heavy atom. The van der Waals surface area contributed by atoms with Crippen molar-refractivity contribution in [3.8, 4) is 11.1 Å². The van der Waals surface area contributed by atoms with E-state index < -0.39 is 0 Å². The smallest absolute Gasteiger partial charge is 0.0384 e. The van der Waals surface area contributed by atoms with Gasteiger partial charge in [-0.15, -0.1) is 0 Å². The van der Waals surface area contributed by atoms with Gasteiger partial charge in [0.05, 0.1) is 0 Å². The van der Waals surface area contributed by atoms with Crippen LogP contribution in [-0.4, -0.2) is 0 Å². The predicted molar refractivity (Wildman–Crippen MR) is 110 cm³/mol. The van der Waals surface area contributed by atoms with Gasteiger partial charge in [-0.25, -0.2) is 0 Å². The zero-order valence-corrected chi connectivity index (χ0v) is 15.3. The summed E-state index contributed by atoms with van der Waals surface area (Å²) in [5.74, 6) is 0. The van der Waals surface area contributed by atoms with E-state index in [1.54, 1.807) is 0 Å². The highest BCUT2D eigenvalue weighted by atomic mass is 14.9. The minimum Gasteiger partial charge on any atom is -0.356 e. The van der Waals surface area contributed by atoms with Crippen LogP contribution in [-0.2, 0) is 6.42 Å². The first-order chi connectivity index (χ1) is 12.2. The summed E-state index contributed by atoms with van der Waals surface area (Å²) in [6.07, 6.45) is 5.07. The molecule has 3 aromatic rings. The van der Waals surface area contributed by atoms with E-state index in [2.05, 4.69) is 92.0 Å². The fraction of sp³-hybridized carbons (Fsp3) is 0.250. The summed E-state index contributed by atoms with van der Waals surface area (Å²) in [5.41, 5.74) is 7.49. The third kappa shape index (κ3) is 4.96. The number of anilines is 2. The summed E-state index contributed by atoms with van der Waals surface area (Å²) in [5, 5.41) is 3.45. The molecule has 0 fully saturated rings. The maximum absolute atomic E-state index is 3.45. The summed E-state index contributed by atoms with van der Waals surface area (Å²) >= 11 is 0. The van der Waals surface area contributed by atoms with E-state index in [4.69, 9.17) is 0 Å². The van der Waals surface area contributed by atoms with Gasteiger partial charge in [0.1, 0.15) is 0 Å². The van der Waals surface area contributed by atoms with Gasteiger partial charge < -0.3 is 5.32 Å². The monoisotopic (exact) mass is 329 g/mol. The molecule has 0 atom stereocenters. The molecular formula is C24H27N. The van der Waals surface area contributed by atoms with Crippen molar-refractivity contribution in [3.63, 3.8) is 0 Å². The molecular weight excluding hydrogens is 302 g/mol. The Morgan fingerprint density at radius 3 is 1.72 bits per heavy atom. The Bertz CT molecular complexity index is 768. The second kappa shape index (κ2) is 8.53. The maximum atomic E-state index is 3.45. The molecule has 0 saturated carbocycles. The largest absolute Gasteiger partial charge is 0.356 e. The van der Waals surface area contributed by atoms with Gasteiger partial charge in [0.25, 0.3) is 0 Å². The lowest BCUT2D eigenvalue weighted by atomic mass is 10.0. The maximum Gasteiger partial charge on any atom is 0.0384 e. The molecule has 128 valence electrons. The zero-order chi connectivity index (χ0) is 17.5. The molecule has 0 unspecified atom stereocenters. The number of nitrogens with one attached hydrogen (secondary N) is 1. The lowest BCUT2D eigenvalue weighted by molar-refractivity contribution is 0.717. The number of hydrogen-bond donors (Lipinski definition) is 1. The fourth-order valence-corrected chi connectivity index (χ4v) is 2.99. The molecule has 0 heterocycles. The molecule has 0 saturated heterocycles. The minimum atomic E-state index is 1.11. The van der Waals surface area contributed by atoms with Crippen molar-refractivity contribution < 1.29 is 0 Å². The average Bonchev–Trinajstić information content (AvgIpc) is 2.65. The van der Waals surface area contributed by atoms with E-state index in [1.165, 1.54) is 47.9 Å². The Labute approximate surface area is 151 Å². The van der Waals surface area contributed by atoms with Crippen LogP contribution in [0.3, 0.4) is 0 Å². The molecule has 1 nitrogen and oxygen atoms in total. The quantitative estimate of drug-likeness (QED) is 0.454. The number of unbranched alkanes of at least 4 members (excludes halogenated alkanes) is 2. The van der Waals surface area contributed by atoms with Crippen LogP contribution in [0.15, 0.2) is 72.8 Å². The highest BCUT2D eigenvalue weighted by Gasteiger charge is 2.00. The molecule has 25 heavy (non-hydrogen) atoms. The molecule has 3 rings (SSSR count). The van der Waals surface area contributed by atoms with Crippen LogP contribution >= 0.6 is 0 Å². The van der Waals surface area contributed by atoms with E-state index in [0.29, 0.717) is 0 Å². The van der Waals surface area contributed by atoms with Gasteiger partial charge in [-0.05, 0) is 60.7 Å². The number of rotatable bonds is 7. The Balaban J connectivity index is 1.64. The topological polar surface area (TPSA) is 12.0 Å². The SMILES string of the molecule is CCCCCc1ccc(-c2ccc(Nc3ccc(C)cc3)cc2)cc1. The van der Waals surface area contributed by atoms with E-state index in [0.717, 1.165) is 11.4 Å². The van der Waals surface area contributed by atoms with Crippen molar-refractivity contribution in [2.45, 2.75) is 39.5 Å². The first kappa shape index (κ1) is 17.3. The fourth-order valence-electron chi connectivity index (χ4n) is 2.99. The normalized spacial score (nSPS) is 10.6. The van der Waals surface area contributed by atoms with Gasteiger partial charge in [-0.3, -0.25) is 0 Å². The second-order valence-corrected chi connectivity index (χ2v) is 6.72. The van der Waals surface area contributed by atoms with Crippen LogP contribution < -0.4 is 5.32 Å². The third-order valence-corrected chi connectivity index (χ3v) is 4.58. The first-order valence-corrected chi connectivity index (χ1v) is 9.27. The zero-order valence-electron chi connectivity index (χ0n) is 15.3. The van der Waals surface area contributed by atoms with Crippen molar-refractivity contribution in [2.24, 2.45) is 0 Å². The molecule has 1 N–H and O–H groups in total. The Kier molecular flexibility index (Phi) is 5.90.